The molecule has 3 heteroatoms. The average molecular weight is 247 g/mol. The second kappa shape index (κ2) is 4.38. The summed E-state index contributed by atoms with van der Waals surface area (Å²) in [4.78, 5) is 4.17. The smallest absolute Gasteiger partial charge is 0.126 e. The van der Waals surface area contributed by atoms with Crippen molar-refractivity contribution in [1.29, 1.82) is 0 Å². The monoisotopic (exact) mass is 246 g/mol. The number of hydrogen-bond acceptors (Lipinski definition) is 2. The van der Waals surface area contributed by atoms with Gasteiger partial charge in [-0.1, -0.05) is 11.6 Å². The van der Waals surface area contributed by atoms with Crippen molar-refractivity contribution in [2.75, 3.05) is 5.73 Å². The molecule has 0 aliphatic carbocycles. The third kappa shape index (κ3) is 2.27. The van der Waals surface area contributed by atoms with Crippen molar-refractivity contribution >= 4 is 17.4 Å². The Kier molecular flexibility index (Phi) is 3.07. The van der Waals surface area contributed by atoms with E-state index in [9.17, 15) is 0 Å². The van der Waals surface area contributed by atoms with Gasteiger partial charge in [0.25, 0.3) is 0 Å². The number of nitrogens with two attached hydrogens (primary N) is 1. The highest BCUT2D eigenvalue weighted by molar-refractivity contribution is 6.33. The molecule has 2 aromatic rings. The van der Waals surface area contributed by atoms with Crippen LogP contribution in [0.25, 0.3) is 11.1 Å². The molecule has 0 aliphatic rings. The normalized spacial score (nSPS) is 10.6. The molecule has 0 unspecified atom stereocenters. The third-order valence-corrected chi connectivity index (χ3v) is 3.33. The molecule has 1 heterocycles. The quantitative estimate of drug-likeness (QED) is 0.829. The summed E-state index contributed by atoms with van der Waals surface area (Å²) in [7, 11) is 0. The van der Waals surface area contributed by atoms with E-state index in [2.05, 4.69) is 24.9 Å². The number of nitrogens with zero attached hydrogens (tertiary/aromatic N) is 1. The van der Waals surface area contributed by atoms with Crippen LogP contribution < -0.4 is 5.73 Å². The molecule has 0 aliphatic heterocycles. The maximum absolute atomic E-state index is 6.27. The van der Waals surface area contributed by atoms with E-state index >= 15 is 0 Å². The molecule has 0 bridgehead atoms. The van der Waals surface area contributed by atoms with Gasteiger partial charge in [-0.15, -0.1) is 0 Å². The average Bonchev–Trinajstić information content (AvgIpc) is 2.27. The van der Waals surface area contributed by atoms with Gasteiger partial charge in [0.2, 0.25) is 0 Å². The van der Waals surface area contributed by atoms with Gasteiger partial charge in [-0.25, -0.2) is 4.98 Å². The Morgan fingerprint density at radius 2 is 1.65 bits per heavy atom. The molecule has 0 spiro atoms. The van der Waals surface area contributed by atoms with E-state index in [0.717, 1.165) is 21.7 Å². The molecule has 2 nitrogen and oxygen atoms in total. The van der Waals surface area contributed by atoms with Crippen LogP contribution in [-0.4, -0.2) is 4.98 Å². The molecule has 0 atom stereocenters. The molecule has 0 amide bonds. The fraction of sp³-hybridized carbons (Fsp3) is 0.214. The Balaban J connectivity index is 2.60. The lowest BCUT2D eigenvalue weighted by Crippen LogP contribution is -1.94. The van der Waals surface area contributed by atoms with Gasteiger partial charge in [0.05, 0.1) is 0 Å². The first kappa shape index (κ1) is 11.9. The van der Waals surface area contributed by atoms with Crippen LogP contribution >= 0.6 is 11.6 Å². The van der Waals surface area contributed by atoms with Crippen molar-refractivity contribution in [1.82, 2.24) is 4.98 Å². The van der Waals surface area contributed by atoms with E-state index in [4.69, 9.17) is 17.3 Å². The van der Waals surface area contributed by atoms with E-state index in [-0.39, 0.29) is 0 Å². The Morgan fingerprint density at radius 3 is 2.29 bits per heavy atom. The van der Waals surface area contributed by atoms with Crippen LogP contribution in [0.3, 0.4) is 0 Å². The molecule has 2 N–H and O–H groups in total. The summed E-state index contributed by atoms with van der Waals surface area (Å²) in [6.07, 6.45) is 1.76. The summed E-state index contributed by atoms with van der Waals surface area (Å²) < 4.78 is 0. The molecule has 0 fully saturated rings. The van der Waals surface area contributed by atoms with Crippen molar-refractivity contribution in [3.05, 3.63) is 46.1 Å². The first-order chi connectivity index (χ1) is 7.99. The van der Waals surface area contributed by atoms with Crippen LogP contribution in [0.15, 0.2) is 24.4 Å². The minimum absolute atomic E-state index is 0.564. The SMILES string of the molecule is Cc1cc(Cl)c(-c2cnc(N)c(C)c2)cc1C. The number of rotatable bonds is 1. The first-order valence-corrected chi connectivity index (χ1v) is 5.86. The Hall–Kier alpha value is -1.54. The largest absolute Gasteiger partial charge is 0.383 e. The highest BCUT2D eigenvalue weighted by atomic mass is 35.5. The Labute approximate surface area is 106 Å². The molecule has 17 heavy (non-hydrogen) atoms. The summed E-state index contributed by atoms with van der Waals surface area (Å²) in [6, 6.07) is 6.08. The van der Waals surface area contributed by atoms with Crippen LogP contribution in [0.4, 0.5) is 5.82 Å². The fourth-order valence-electron chi connectivity index (χ4n) is 1.73. The number of hydrogen-bond donors (Lipinski definition) is 1. The first-order valence-electron chi connectivity index (χ1n) is 5.48. The zero-order valence-corrected chi connectivity index (χ0v) is 11.0. The Bertz CT molecular complexity index is 577. The van der Waals surface area contributed by atoms with Crippen LogP contribution in [-0.2, 0) is 0 Å². The standard InChI is InChI=1S/C14H15ClN2/c1-8-5-12(13(15)6-9(8)2)11-4-10(3)14(16)17-7-11/h4-7H,1-3H3,(H2,16,17). The molecule has 0 radical (unpaired) electrons. The second-order valence-electron chi connectivity index (χ2n) is 4.34. The summed E-state index contributed by atoms with van der Waals surface area (Å²) in [6.45, 7) is 6.07. The number of nitrogen functional groups attached to an aromatic ring is 1. The lowest BCUT2D eigenvalue weighted by atomic mass is 10.0. The van der Waals surface area contributed by atoms with Gasteiger partial charge in [0.15, 0.2) is 0 Å². The zero-order chi connectivity index (χ0) is 12.6. The summed E-state index contributed by atoms with van der Waals surface area (Å²) in [5.41, 5.74) is 11.1. The van der Waals surface area contributed by atoms with Crippen molar-refractivity contribution in [3.63, 3.8) is 0 Å². The van der Waals surface area contributed by atoms with Crippen molar-refractivity contribution in [2.45, 2.75) is 20.8 Å². The van der Waals surface area contributed by atoms with E-state index in [1.54, 1.807) is 6.20 Å². The molecule has 1 aromatic heterocycles. The second-order valence-corrected chi connectivity index (χ2v) is 4.75. The number of aromatic nitrogens is 1. The third-order valence-electron chi connectivity index (χ3n) is 3.01. The van der Waals surface area contributed by atoms with E-state index < -0.39 is 0 Å². The molecule has 0 saturated heterocycles. The zero-order valence-electron chi connectivity index (χ0n) is 10.2. The Morgan fingerprint density at radius 1 is 1.00 bits per heavy atom. The molecule has 2 rings (SSSR count). The van der Waals surface area contributed by atoms with Crippen LogP contribution in [0, 0.1) is 20.8 Å². The van der Waals surface area contributed by atoms with E-state index in [1.807, 2.05) is 19.1 Å². The van der Waals surface area contributed by atoms with Crippen molar-refractivity contribution in [3.8, 4) is 11.1 Å². The van der Waals surface area contributed by atoms with Crippen molar-refractivity contribution < 1.29 is 0 Å². The van der Waals surface area contributed by atoms with Crippen LogP contribution in [0.2, 0.25) is 5.02 Å². The lowest BCUT2D eigenvalue weighted by Gasteiger charge is -2.09. The van der Waals surface area contributed by atoms with Crippen LogP contribution in [0.5, 0.6) is 0 Å². The fourth-order valence-corrected chi connectivity index (χ4v) is 2.06. The number of aryl methyl sites for hydroxylation is 3. The van der Waals surface area contributed by atoms with Gasteiger partial charge in [-0.2, -0.15) is 0 Å². The topological polar surface area (TPSA) is 38.9 Å². The highest BCUT2D eigenvalue weighted by Crippen LogP contribution is 2.31. The summed E-state index contributed by atoms with van der Waals surface area (Å²) in [5, 5.41) is 0.749. The number of pyridine rings is 1. The summed E-state index contributed by atoms with van der Waals surface area (Å²) >= 11 is 6.27. The molecule has 0 saturated carbocycles. The maximum atomic E-state index is 6.27. The number of halogens is 1. The molecular formula is C14H15ClN2. The molecular weight excluding hydrogens is 232 g/mol. The number of anilines is 1. The maximum Gasteiger partial charge on any atom is 0.126 e. The van der Waals surface area contributed by atoms with Crippen molar-refractivity contribution in [2.24, 2.45) is 0 Å². The summed E-state index contributed by atoms with van der Waals surface area (Å²) in [5.74, 6) is 0.564. The van der Waals surface area contributed by atoms with Gasteiger partial charge in [-0.05, 0) is 55.7 Å². The molecule has 1 aromatic carbocycles. The lowest BCUT2D eigenvalue weighted by molar-refractivity contribution is 1.27. The predicted molar refractivity (Wildman–Crippen MR) is 73.3 cm³/mol. The van der Waals surface area contributed by atoms with Crippen LogP contribution in [0.1, 0.15) is 16.7 Å². The van der Waals surface area contributed by atoms with Gasteiger partial charge in [-0.3, -0.25) is 0 Å². The molecule has 88 valence electrons. The van der Waals surface area contributed by atoms with Gasteiger partial charge < -0.3 is 5.73 Å². The minimum atomic E-state index is 0.564. The number of benzene rings is 1. The predicted octanol–water partition coefficient (Wildman–Crippen LogP) is 3.91. The van der Waals surface area contributed by atoms with Gasteiger partial charge >= 0.3 is 0 Å². The van der Waals surface area contributed by atoms with Gasteiger partial charge in [0.1, 0.15) is 5.82 Å². The minimum Gasteiger partial charge on any atom is -0.383 e. The van der Waals surface area contributed by atoms with E-state index in [0.29, 0.717) is 5.82 Å². The highest BCUT2D eigenvalue weighted by Gasteiger charge is 2.07. The van der Waals surface area contributed by atoms with E-state index in [1.165, 1.54) is 11.1 Å². The van der Waals surface area contributed by atoms with Gasteiger partial charge in [0, 0.05) is 22.3 Å².